The number of nitrogens with zero attached hydrogens (tertiary/aromatic N) is 1. The number of piperazine rings is 1. The number of nitrogens with one attached hydrogen (secondary N) is 1. The highest BCUT2D eigenvalue weighted by Crippen LogP contribution is 2.29. The highest BCUT2D eigenvalue weighted by atomic mass is 35.5. The van der Waals surface area contributed by atoms with E-state index in [2.05, 4.69) is 52.7 Å². The minimum Gasteiger partial charge on any atom is -0.508 e. The lowest BCUT2D eigenvalue weighted by Crippen LogP contribution is -2.44. The fourth-order valence-electron chi connectivity index (χ4n) is 4.53. The van der Waals surface area contributed by atoms with Gasteiger partial charge in [0.05, 0.1) is 0 Å². The number of hydrogen-bond donors (Lipinski definition) is 2. The van der Waals surface area contributed by atoms with E-state index in [9.17, 15) is 5.11 Å². The van der Waals surface area contributed by atoms with Crippen molar-refractivity contribution in [2.24, 2.45) is 0 Å². The number of hydrogen-bond acceptors (Lipinski definition) is 5. The van der Waals surface area contributed by atoms with Crippen molar-refractivity contribution in [1.29, 1.82) is 0 Å². The number of halogens is 1. The number of benzene rings is 3. The third kappa shape index (κ3) is 6.49. The smallest absolute Gasteiger partial charge is 0.194 e. The predicted octanol–water partition coefficient (Wildman–Crippen LogP) is 5.94. The van der Waals surface area contributed by atoms with Crippen LogP contribution < -0.4 is 10.1 Å². The summed E-state index contributed by atoms with van der Waals surface area (Å²) in [7, 11) is 0. The van der Waals surface area contributed by atoms with Gasteiger partial charge in [0.1, 0.15) is 23.7 Å². The Hall–Kier alpha value is -3.25. The zero-order chi connectivity index (χ0) is 24.7. The first kappa shape index (κ1) is 24.4. The molecule has 2 N–H and O–H groups in total. The zero-order valence-corrected chi connectivity index (χ0v) is 21.0. The van der Waals surface area contributed by atoms with Gasteiger partial charge in [-0.3, -0.25) is 4.90 Å². The first-order chi connectivity index (χ1) is 17.6. The molecule has 0 saturated carbocycles. The van der Waals surface area contributed by atoms with Crippen LogP contribution >= 0.6 is 11.6 Å². The third-order valence-corrected chi connectivity index (χ3v) is 6.77. The monoisotopic (exact) mass is 502 g/mol. The van der Waals surface area contributed by atoms with Crippen LogP contribution in [-0.2, 0) is 12.8 Å². The molecule has 0 aliphatic carbocycles. The van der Waals surface area contributed by atoms with E-state index in [-0.39, 0.29) is 5.75 Å². The molecule has 3 aromatic carbocycles. The number of rotatable bonds is 9. The number of furan rings is 1. The maximum Gasteiger partial charge on any atom is 0.194 e. The van der Waals surface area contributed by atoms with Gasteiger partial charge in [-0.2, -0.15) is 0 Å². The minimum absolute atomic E-state index is 0.272. The van der Waals surface area contributed by atoms with Crippen molar-refractivity contribution in [1.82, 2.24) is 10.2 Å². The summed E-state index contributed by atoms with van der Waals surface area (Å²) in [6.07, 6.45) is 3.83. The van der Waals surface area contributed by atoms with E-state index in [1.54, 1.807) is 12.1 Å². The Labute approximate surface area is 216 Å². The average Bonchev–Trinajstić information content (AvgIpc) is 3.28. The Bertz CT molecular complexity index is 1310. The number of phenols is 1. The maximum atomic E-state index is 9.67. The molecule has 36 heavy (non-hydrogen) atoms. The van der Waals surface area contributed by atoms with E-state index in [0.717, 1.165) is 73.4 Å². The highest BCUT2D eigenvalue weighted by Gasteiger charge is 2.10. The Morgan fingerprint density at radius 2 is 1.72 bits per heavy atom. The summed E-state index contributed by atoms with van der Waals surface area (Å²) in [6, 6.07) is 23.8. The fourth-order valence-corrected chi connectivity index (χ4v) is 4.73. The molecule has 1 fully saturated rings. The Morgan fingerprint density at radius 3 is 2.50 bits per heavy atom. The molecular formula is C30H31ClN2O3. The van der Waals surface area contributed by atoms with Gasteiger partial charge in [0.2, 0.25) is 0 Å². The molecule has 0 radical (unpaired) electrons. The quantitative estimate of drug-likeness (QED) is 0.296. The lowest BCUT2D eigenvalue weighted by Gasteiger charge is -2.26. The zero-order valence-electron chi connectivity index (χ0n) is 20.3. The second-order valence-corrected chi connectivity index (χ2v) is 9.54. The molecule has 0 spiro atoms. The first-order valence-electron chi connectivity index (χ1n) is 12.4. The van der Waals surface area contributed by atoms with Crippen LogP contribution in [-0.4, -0.2) is 49.3 Å². The summed E-state index contributed by atoms with van der Waals surface area (Å²) in [5.41, 5.74) is 5.47. The number of ether oxygens (including phenoxy) is 1. The molecule has 0 bridgehead atoms. The summed E-state index contributed by atoms with van der Waals surface area (Å²) in [5.74, 6) is 1.18. The van der Waals surface area contributed by atoms with Crippen LogP contribution in [0.5, 0.6) is 11.5 Å². The summed E-state index contributed by atoms with van der Waals surface area (Å²) >= 11 is 6.06. The van der Waals surface area contributed by atoms with Crippen molar-refractivity contribution in [3.63, 3.8) is 0 Å². The minimum atomic E-state index is 0.272. The molecule has 2 heterocycles. The molecule has 1 saturated heterocycles. The van der Waals surface area contributed by atoms with Crippen LogP contribution in [0, 0.1) is 0 Å². The van der Waals surface area contributed by atoms with Crippen molar-refractivity contribution in [3.8, 4) is 11.5 Å². The Balaban J connectivity index is 1.28. The van der Waals surface area contributed by atoms with E-state index >= 15 is 0 Å². The van der Waals surface area contributed by atoms with Crippen molar-refractivity contribution in [2.45, 2.75) is 12.8 Å². The van der Waals surface area contributed by atoms with Crippen molar-refractivity contribution in [3.05, 3.63) is 101 Å². The Morgan fingerprint density at radius 1 is 0.972 bits per heavy atom. The molecular weight excluding hydrogens is 472 g/mol. The molecule has 0 atom stereocenters. The van der Waals surface area contributed by atoms with Crippen molar-refractivity contribution >= 4 is 28.1 Å². The van der Waals surface area contributed by atoms with E-state index in [0.29, 0.717) is 11.8 Å². The maximum absolute atomic E-state index is 9.67. The summed E-state index contributed by atoms with van der Waals surface area (Å²) in [5, 5.41) is 14.4. The van der Waals surface area contributed by atoms with E-state index in [1.807, 2.05) is 24.3 Å². The molecule has 0 amide bonds. The van der Waals surface area contributed by atoms with Crippen LogP contribution in [0.4, 0.5) is 0 Å². The molecule has 6 heteroatoms. The van der Waals surface area contributed by atoms with Crippen LogP contribution in [0.25, 0.3) is 16.5 Å². The van der Waals surface area contributed by atoms with Gasteiger partial charge < -0.3 is 19.6 Å². The fraction of sp³-hybridized carbons (Fsp3) is 0.267. The van der Waals surface area contributed by atoms with E-state index in [4.69, 9.17) is 20.8 Å². The summed E-state index contributed by atoms with van der Waals surface area (Å²) < 4.78 is 11.5. The lowest BCUT2D eigenvalue weighted by atomic mass is 9.95. The molecule has 0 unspecified atom stereocenters. The third-order valence-electron chi connectivity index (χ3n) is 6.58. The van der Waals surface area contributed by atoms with Gasteiger partial charge in [0.15, 0.2) is 5.22 Å². The van der Waals surface area contributed by atoms with Gasteiger partial charge >= 0.3 is 0 Å². The number of allylic oxidation sites excluding steroid dienone is 2. The van der Waals surface area contributed by atoms with Gasteiger partial charge in [0, 0.05) is 44.2 Å². The van der Waals surface area contributed by atoms with Crippen LogP contribution in [0.15, 0.2) is 83.3 Å². The number of fused-ring (bicyclic) bond motifs is 1. The summed E-state index contributed by atoms with van der Waals surface area (Å²) in [6.45, 7) is 5.94. The van der Waals surface area contributed by atoms with Crippen LogP contribution in [0.3, 0.4) is 0 Å². The SMILES string of the molecule is Oc1ccc(CC(=CCc2ccc(OCCN3CCNCC3)cc2)c2ccc3oc(Cl)cc3c2)cc1. The number of phenolic OH excluding ortho intramolecular Hbond substituents is 1. The molecule has 1 aliphatic rings. The highest BCUT2D eigenvalue weighted by molar-refractivity contribution is 6.29. The van der Waals surface area contributed by atoms with Crippen LogP contribution in [0.2, 0.25) is 5.22 Å². The molecule has 1 aromatic heterocycles. The van der Waals surface area contributed by atoms with Gasteiger partial charge in [0.25, 0.3) is 0 Å². The van der Waals surface area contributed by atoms with Gasteiger partial charge in [-0.25, -0.2) is 0 Å². The second-order valence-electron chi connectivity index (χ2n) is 9.16. The van der Waals surface area contributed by atoms with Gasteiger partial charge in [-0.1, -0.05) is 36.4 Å². The molecule has 4 aromatic rings. The van der Waals surface area contributed by atoms with Crippen molar-refractivity contribution < 1.29 is 14.3 Å². The van der Waals surface area contributed by atoms with Crippen molar-refractivity contribution in [2.75, 3.05) is 39.3 Å². The lowest BCUT2D eigenvalue weighted by molar-refractivity contribution is 0.191. The Kier molecular flexibility index (Phi) is 7.91. The van der Waals surface area contributed by atoms with Gasteiger partial charge in [-0.15, -0.1) is 0 Å². The van der Waals surface area contributed by atoms with Crippen LogP contribution in [0.1, 0.15) is 16.7 Å². The molecule has 5 nitrogen and oxygen atoms in total. The molecule has 5 rings (SSSR count). The summed E-state index contributed by atoms with van der Waals surface area (Å²) in [4.78, 5) is 2.43. The standard InChI is InChI=1S/C30H31ClN2O3/c31-30-21-26-20-25(7-12-29(26)36-30)24(19-23-2-8-27(34)9-3-23)6-1-22-4-10-28(11-5-22)35-18-17-33-15-13-32-14-16-33/h2-12,20-21,32,34H,1,13-19H2. The molecule has 1 aliphatic heterocycles. The largest absolute Gasteiger partial charge is 0.508 e. The second kappa shape index (κ2) is 11.7. The number of aromatic hydroxyl groups is 1. The topological polar surface area (TPSA) is 57.9 Å². The predicted molar refractivity (Wildman–Crippen MR) is 146 cm³/mol. The van der Waals surface area contributed by atoms with Gasteiger partial charge in [-0.05, 0) is 83.1 Å². The average molecular weight is 503 g/mol. The van der Waals surface area contributed by atoms with E-state index < -0.39 is 0 Å². The first-order valence-corrected chi connectivity index (χ1v) is 12.8. The van der Waals surface area contributed by atoms with E-state index in [1.165, 1.54) is 11.1 Å². The molecule has 186 valence electrons. The normalized spacial score (nSPS) is 14.9.